The van der Waals surface area contributed by atoms with Crippen molar-refractivity contribution in [3.05, 3.63) is 34.6 Å². The number of hydrogen-bond donors (Lipinski definition) is 1. The maximum absolute atomic E-state index is 12.4. The first-order chi connectivity index (χ1) is 12.9. The van der Waals surface area contributed by atoms with Crippen molar-refractivity contribution >= 4 is 29.3 Å². The first kappa shape index (κ1) is 20.0. The molecule has 0 unspecified atom stereocenters. The lowest BCUT2D eigenvalue weighted by Crippen LogP contribution is -2.43. The molecule has 2 atom stereocenters. The molecule has 2 heterocycles. The van der Waals surface area contributed by atoms with E-state index in [1.54, 1.807) is 0 Å². The number of ether oxygens (including phenoxy) is 1. The third-order valence-electron chi connectivity index (χ3n) is 4.56. The Balaban J connectivity index is 1.47. The summed E-state index contributed by atoms with van der Waals surface area (Å²) in [5.74, 6) is 2.98. The highest BCUT2D eigenvalue weighted by molar-refractivity contribution is 7.99. The van der Waals surface area contributed by atoms with Gasteiger partial charge in [-0.15, -0.1) is 5.10 Å². The average Bonchev–Trinajstić information content (AvgIpc) is 3.08. The minimum Gasteiger partial charge on any atom is -0.486 e. The van der Waals surface area contributed by atoms with Gasteiger partial charge in [-0.1, -0.05) is 37.2 Å². The summed E-state index contributed by atoms with van der Waals surface area (Å²) in [5, 5.41) is 8.30. The quantitative estimate of drug-likeness (QED) is 0.733. The monoisotopic (exact) mass is 408 g/mol. The largest absolute Gasteiger partial charge is 0.486 e. The lowest BCUT2D eigenvalue weighted by atomic mass is 9.92. The Kier molecular flexibility index (Phi) is 6.65. The van der Waals surface area contributed by atoms with Crippen LogP contribution in [0.4, 0.5) is 0 Å². The number of thioether (sulfide) groups is 1. The topological polar surface area (TPSA) is 71.1 Å². The van der Waals surface area contributed by atoms with E-state index in [1.807, 2.05) is 30.0 Å². The molecule has 8 heteroatoms. The van der Waals surface area contributed by atoms with Crippen LogP contribution in [0.2, 0.25) is 5.02 Å². The molecule has 146 valence electrons. The normalized spacial score (nSPS) is 19.9. The van der Waals surface area contributed by atoms with E-state index in [0.29, 0.717) is 33.6 Å². The van der Waals surface area contributed by atoms with Gasteiger partial charge in [-0.3, -0.25) is 9.89 Å². The Morgan fingerprint density at radius 3 is 2.81 bits per heavy atom. The molecule has 1 aliphatic heterocycles. The van der Waals surface area contributed by atoms with Crippen LogP contribution < -0.4 is 4.74 Å². The second-order valence-electron chi connectivity index (χ2n) is 7.30. The number of carbonyl (C=O) groups excluding carboxylic acids is 1. The van der Waals surface area contributed by atoms with Gasteiger partial charge in [-0.05, 0) is 48.9 Å². The van der Waals surface area contributed by atoms with Gasteiger partial charge in [-0.25, -0.2) is 4.98 Å². The smallest absolute Gasteiger partial charge is 0.233 e. The van der Waals surface area contributed by atoms with Gasteiger partial charge in [0.1, 0.15) is 12.4 Å². The summed E-state index contributed by atoms with van der Waals surface area (Å²) in [6, 6.07) is 5.51. The second-order valence-corrected chi connectivity index (χ2v) is 8.65. The molecule has 0 saturated carbocycles. The Hall–Kier alpha value is -1.73. The van der Waals surface area contributed by atoms with Crippen LogP contribution in [0.1, 0.15) is 31.7 Å². The van der Waals surface area contributed by atoms with E-state index in [9.17, 15) is 4.79 Å². The molecule has 1 amide bonds. The number of rotatable bonds is 6. The highest BCUT2D eigenvalue weighted by Gasteiger charge is 2.25. The van der Waals surface area contributed by atoms with Gasteiger partial charge in [0.15, 0.2) is 5.82 Å². The molecule has 2 aromatic rings. The van der Waals surface area contributed by atoms with Crippen molar-refractivity contribution in [2.45, 2.75) is 39.0 Å². The van der Waals surface area contributed by atoms with Gasteiger partial charge >= 0.3 is 0 Å². The van der Waals surface area contributed by atoms with E-state index >= 15 is 0 Å². The Morgan fingerprint density at radius 1 is 1.37 bits per heavy atom. The summed E-state index contributed by atoms with van der Waals surface area (Å²) >= 11 is 7.37. The summed E-state index contributed by atoms with van der Waals surface area (Å²) < 4.78 is 5.71. The predicted molar refractivity (Wildman–Crippen MR) is 107 cm³/mol. The molecule has 0 spiro atoms. The molecule has 0 radical (unpaired) electrons. The number of carbonyl (C=O) groups is 1. The van der Waals surface area contributed by atoms with Crippen LogP contribution in [-0.4, -0.2) is 44.8 Å². The van der Waals surface area contributed by atoms with Crippen molar-refractivity contribution < 1.29 is 9.53 Å². The van der Waals surface area contributed by atoms with E-state index in [0.717, 1.165) is 24.4 Å². The number of aryl methyl sites for hydroxylation is 1. The average molecular weight is 409 g/mol. The Morgan fingerprint density at radius 2 is 2.11 bits per heavy atom. The van der Waals surface area contributed by atoms with Crippen LogP contribution >= 0.6 is 23.4 Å². The van der Waals surface area contributed by atoms with Crippen molar-refractivity contribution in [3.63, 3.8) is 0 Å². The lowest BCUT2D eigenvalue weighted by molar-refractivity contribution is -0.130. The van der Waals surface area contributed by atoms with Gasteiger partial charge in [0.2, 0.25) is 11.1 Å². The van der Waals surface area contributed by atoms with Crippen molar-refractivity contribution in [1.82, 2.24) is 20.1 Å². The third kappa shape index (κ3) is 5.62. The van der Waals surface area contributed by atoms with Gasteiger partial charge in [0, 0.05) is 18.1 Å². The van der Waals surface area contributed by atoms with Crippen molar-refractivity contribution in [2.75, 3.05) is 18.8 Å². The second kappa shape index (κ2) is 8.97. The number of benzene rings is 1. The molecular formula is C19H25ClN4O2S. The highest BCUT2D eigenvalue weighted by atomic mass is 35.5. The van der Waals surface area contributed by atoms with Gasteiger partial charge in [0.05, 0.1) is 5.75 Å². The highest BCUT2D eigenvalue weighted by Crippen LogP contribution is 2.23. The minimum absolute atomic E-state index is 0.151. The first-order valence-corrected chi connectivity index (χ1v) is 10.5. The number of nitrogens with one attached hydrogen (secondary N) is 1. The summed E-state index contributed by atoms with van der Waals surface area (Å²) in [6.07, 6.45) is 1.19. The molecule has 1 aliphatic rings. The van der Waals surface area contributed by atoms with Crippen LogP contribution in [-0.2, 0) is 11.4 Å². The SMILES string of the molecule is Cc1cc(OCc2nc(SCC(=O)N3C[C@H](C)C[C@H](C)C3)n[nH]2)ccc1Cl. The van der Waals surface area contributed by atoms with Crippen molar-refractivity contribution in [1.29, 1.82) is 0 Å². The lowest BCUT2D eigenvalue weighted by Gasteiger charge is -2.34. The molecule has 1 aromatic carbocycles. The number of nitrogens with zero attached hydrogens (tertiary/aromatic N) is 3. The molecular weight excluding hydrogens is 384 g/mol. The number of piperidine rings is 1. The van der Waals surface area contributed by atoms with Crippen LogP contribution in [0, 0.1) is 18.8 Å². The van der Waals surface area contributed by atoms with Gasteiger partial charge in [0.25, 0.3) is 0 Å². The standard InChI is InChI=1S/C19H25ClN4O2S/c1-12-6-13(2)9-24(8-12)18(25)11-27-19-21-17(22-23-19)10-26-15-4-5-16(20)14(3)7-15/h4-5,7,12-13H,6,8-11H2,1-3H3,(H,21,22,23)/t12-,13+. The van der Waals surface area contributed by atoms with E-state index in [4.69, 9.17) is 16.3 Å². The molecule has 0 bridgehead atoms. The summed E-state index contributed by atoms with van der Waals surface area (Å²) in [5.41, 5.74) is 0.961. The van der Waals surface area contributed by atoms with Crippen LogP contribution in [0.15, 0.2) is 23.4 Å². The number of amides is 1. The number of H-pyrrole nitrogens is 1. The number of likely N-dealkylation sites (tertiary alicyclic amines) is 1. The molecule has 0 aliphatic carbocycles. The zero-order valence-electron chi connectivity index (χ0n) is 15.9. The molecule has 3 rings (SSSR count). The van der Waals surface area contributed by atoms with Crippen LogP contribution in [0.5, 0.6) is 5.75 Å². The zero-order valence-corrected chi connectivity index (χ0v) is 17.4. The zero-order chi connectivity index (χ0) is 19.4. The van der Waals surface area contributed by atoms with E-state index in [1.165, 1.54) is 18.2 Å². The fraction of sp³-hybridized carbons (Fsp3) is 0.526. The Bertz CT molecular complexity index is 788. The maximum Gasteiger partial charge on any atom is 0.233 e. The maximum atomic E-state index is 12.4. The summed E-state index contributed by atoms with van der Waals surface area (Å²) in [6.45, 7) is 8.30. The van der Waals surface area contributed by atoms with Crippen molar-refractivity contribution in [3.8, 4) is 5.75 Å². The summed E-state index contributed by atoms with van der Waals surface area (Å²) in [7, 11) is 0. The Labute approximate surface area is 169 Å². The van der Waals surface area contributed by atoms with E-state index in [-0.39, 0.29) is 12.5 Å². The predicted octanol–water partition coefficient (Wildman–Crippen LogP) is 3.94. The first-order valence-electron chi connectivity index (χ1n) is 9.11. The third-order valence-corrected chi connectivity index (χ3v) is 5.82. The number of aromatic amines is 1. The van der Waals surface area contributed by atoms with E-state index in [2.05, 4.69) is 29.0 Å². The number of hydrogen-bond acceptors (Lipinski definition) is 5. The van der Waals surface area contributed by atoms with Gasteiger partial charge < -0.3 is 9.64 Å². The van der Waals surface area contributed by atoms with E-state index < -0.39 is 0 Å². The van der Waals surface area contributed by atoms with Crippen LogP contribution in [0.3, 0.4) is 0 Å². The van der Waals surface area contributed by atoms with Crippen molar-refractivity contribution in [2.24, 2.45) is 11.8 Å². The molecule has 1 fully saturated rings. The fourth-order valence-corrected chi connectivity index (χ4v) is 4.19. The molecule has 6 nitrogen and oxygen atoms in total. The molecule has 1 N–H and O–H groups in total. The molecule has 1 saturated heterocycles. The molecule has 27 heavy (non-hydrogen) atoms. The number of halogens is 1. The fourth-order valence-electron chi connectivity index (χ4n) is 3.35. The minimum atomic E-state index is 0.151. The number of aromatic nitrogens is 3. The van der Waals surface area contributed by atoms with Gasteiger partial charge in [-0.2, -0.15) is 0 Å². The summed E-state index contributed by atoms with van der Waals surface area (Å²) in [4.78, 5) is 18.8. The molecule has 1 aromatic heterocycles. The van der Waals surface area contributed by atoms with Crippen LogP contribution in [0.25, 0.3) is 0 Å².